The molecule has 1 saturated carbocycles. The van der Waals surface area contributed by atoms with Crippen LogP contribution in [0, 0.1) is 5.92 Å². The number of rotatable bonds is 5. The number of carbonyl (C=O) groups excluding carboxylic acids is 1. The highest BCUT2D eigenvalue weighted by Gasteiger charge is 2.29. The zero-order valence-electron chi connectivity index (χ0n) is 15.1. The van der Waals surface area contributed by atoms with E-state index in [0.29, 0.717) is 11.9 Å². The van der Waals surface area contributed by atoms with Crippen molar-refractivity contribution in [1.82, 2.24) is 24.4 Å². The molecule has 2 aliphatic rings. The fraction of sp³-hybridized carbons (Fsp3) is 0.667. The van der Waals surface area contributed by atoms with Crippen LogP contribution in [-0.4, -0.2) is 56.5 Å². The molecule has 0 radical (unpaired) electrons. The molecule has 1 aliphatic heterocycles. The Morgan fingerprint density at radius 2 is 1.84 bits per heavy atom. The van der Waals surface area contributed by atoms with Gasteiger partial charge in [-0.1, -0.05) is 13.8 Å². The number of amides is 1. The second kappa shape index (κ2) is 6.61. The summed E-state index contributed by atoms with van der Waals surface area (Å²) in [7, 11) is 0. The Morgan fingerprint density at radius 3 is 2.48 bits per heavy atom. The molecule has 7 heteroatoms. The largest absolute Gasteiger partial charge is 0.351 e. The van der Waals surface area contributed by atoms with Crippen LogP contribution in [0.4, 0.5) is 5.82 Å². The van der Waals surface area contributed by atoms with Gasteiger partial charge in [-0.25, -0.2) is 15.0 Å². The second-order valence-electron chi connectivity index (χ2n) is 7.08. The average molecular weight is 342 g/mol. The summed E-state index contributed by atoms with van der Waals surface area (Å²) in [6, 6.07) is 0.558. The molecule has 0 spiro atoms. The number of anilines is 1. The molecule has 2 aromatic heterocycles. The standard InChI is InChI=1S/C18H26N6O/c1-3-13(4-2)18(25)23-9-7-22(8-10-23)16-15-17(20-11-19-16)24(12-21-15)14-5-6-14/h11-14H,3-10H2,1-2H3. The highest BCUT2D eigenvalue weighted by Crippen LogP contribution is 2.37. The lowest BCUT2D eigenvalue weighted by molar-refractivity contribution is -0.136. The van der Waals surface area contributed by atoms with Crippen molar-refractivity contribution in [1.29, 1.82) is 0 Å². The van der Waals surface area contributed by atoms with Crippen LogP contribution in [-0.2, 0) is 4.79 Å². The maximum Gasteiger partial charge on any atom is 0.225 e. The van der Waals surface area contributed by atoms with Gasteiger partial charge in [0, 0.05) is 38.1 Å². The maximum atomic E-state index is 12.6. The molecule has 1 saturated heterocycles. The molecule has 1 aliphatic carbocycles. The predicted molar refractivity (Wildman–Crippen MR) is 96.5 cm³/mol. The number of hydrogen-bond donors (Lipinski definition) is 0. The van der Waals surface area contributed by atoms with Crippen molar-refractivity contribution in [2.75, 3.05) is 31.1 Å². The van der Waals surface area contributed by atoms with E-state index in [1.54, 1.807) is 6.33 Å². The van der Waals surface area contributed by atoms with E-state index in [-0.39, 0.29) is 5.92 Å². The summed E-state index contributed by atoms with van der Waals surface area (Å²) >= 11 is 0. The Bertz CT molecular complexity index is 756. The van der Waals surface area contributed by atoms with E-state index < -0.39 is 0 Å². The van der Waals surface area contributed by atoms with Crippen molar-refractivity contribution in [2.24, 2.45) is 5.92 Å². The minimum absolute atomic E-state index is 0.159. The van der Waals surface area contributed by atoms with E-state index in [4.69, 9.17) is 0 Å². The van der Waals surface area contributed by atoms with Crippen molar-refractivity contribution < 1.29 is 4.79 Å². The number of aromatic nitrogens is 4. The van der Waals surface area contributed by atoms with Gasteiger partial charge in [0.05, 0.1) is 6.33 Å². The van der Waals surface area contributed by atoms with Crippen molar-refractivity contribution >= 4 is 22.9 Å². The van der Waals surface area contributed by atoms with E-state index in [1.165, 1.54) is 12.8 Å². The fourth-order valence-electron chi connectivity index (χ4n) is 3.73. The van der Waals surface area contributed by atoms with Gasteiger partial charge in [-0.3, -0.25) is 4.79 Å². The first-order chi connectivity index (χ1) is 12.2. The van der Waals surface area contributed by atoms with Crippen LogP contribution in [0.1, 0.15) is 45.6 Å². The number of piperazine rings is 1. The first kappa shape index (κ1) is 16.3. The van der Waals surface area contributed by atoms with E-state index in [1.807, 2.05) is 11.2 Å². The van der Waals surface area contributed by atoms with Crippen molar-refractivity contribution in [3.63, 3.8) is 0 Å². The van der Waals surface area contributed by atoms with Gasteiger partial charge in [-0.15, -0.1) is 0 Å². The van der Waals surface area contributed by atoms with Crippen molar-refractivity contribution in [3.8, 4) is 0 Å². The summed E-state index contributed by atoms with van der Waals surface area (Å²) in [6.45, 7) is 7.29. The van der Waals surface area contributed by atoms with Gasteiger partial charge in [-0.05, 0) is 25.7 Å². The summed E-state index contributed by atoms with van der Waals surface area (Å²) < 4.78 is 2.17. The zero-order chi connectivity index (χ0) is 17.4. The number of fused-ring (bicyclic) bond motifs is 1. The van der Waals surface area contributed by atoms with Crippen LogP contribution in [0.5, 0.6) is 0 Å². The summed E-state index contributed by atoms with van der Waals surface area (Å²) in [5, 5.41) is 0. The molecular weight excluding hydrogens is 316 g/mol. The molecule has 2 fully saturated rings. The molecule has 25 heavy (non-hydrogen) atoms. The Hall–Kier alpha value is -2.18. The highest BCUT2D eigenvalue weighted by atomic mass is 16.2. The number of carbonyl (C=O) groups is 1. The van der Waals surface area contributed by atoms with Gasteiger partial charge in [0.1, 0.15) is 6.33 Å². The zero-order valence-corrected chi connectivity index (χ0v) is 15.1. The first-order valence-corrected chi connectivity index (χ1v) is 9.44. The molecule has 1 amide bonds. The summed E-state index contributed by atoms with van der Waals surface area (Å²) in [5.74, 6) is 1.36. The highest BCUT2D eigenvalue weighted by molar-refractivity contribution is 5.84. The Labute approximate surface area is 148 Å². The second-order valence-corrected chi connectivity index (χ2v) is 7.08. The lowest BCUT2D eigenvalue weighted by atomic mass is 10.0. The Kier molecular flexibility index (Phi) is 4.31. The van der Waals surface area contributed by atoms with Gasteiger partial charge in [0.2, 0.25) is 5.91 Å². The molecule has 0 atom stereocenters. The van der Waals surface area contributed by atoms with Crippen LogP contribution in [0.15, 0.2) is 12.7 Å². The Morgan fingerprint density at radius 1 is 1.12 bits per heavy atom. The molecule has 7 nitrogen and oxygen atoms in total. The monoisotopic (exact) mass is 342 g/mol. The smallest absolute Gasteiger partial charge is 0.225 e. The number of imidazole rings is 1. The minimum atomic E-state index is 0.159. The van der Waals surface area contributed by atoms with Crippen molar-refractivity contribution in [2.45, 2.75) is 45.6 Å². The first-order valence-electron chi connectivity index (χ1n) is 9.44. The van der Waals surface area contributed by atoms with Gasteiger partial charge in [0.15, 0.2) is 17.0 Å². The lowest BCUT2D eigenvalue weighted by Gasteiger charge is -2.36. The van der Waals surface area contributed by atoms with Crippen LogP contribution in [0.3, 0.4) is 0 Å². The van der Waals surface area contributed by atoms with E-state index in [0.717, 1.165) is 56.0 Å². The van der Waals surface area contributed by atoms with E-state index >= 15 is 0 Å². The predicted octanol–water partition coefficient (Wildman–Crippen LogP) is 2.25. The average Bonchev–Trinajstić information content (AvgIpc) is 3.41. The number of hydrogen-bond acceptors (Lipinski definition) is 5. The molecule has 0 bridgehead atoms. The maximum absolute atomic E-state index is 12.6. The SMILES string of the molecule is CCC(CC)C(=O)N1CCN(c2ncnc3c2ncn3C2CC2)CC1. The minimum Gasteiger partial charge on any atom is -0.351 e. The van der Waals surface area contributed by atoms with Crippen LogP contribution >= 0.6 is 0 Å². The quantitative estimate of drug-likeness (QED) is 0.834. The molecular formula is C18H26N6O. The Balaban J connectivity index is 1.49. The molecule has 0 unspecified atom stereocenters. The van der Waals surface area contributed by atoms with Gasteiger partial charge < -0.3 is 14.4 Å². The van der Waals surface area contributed by atoms with Crippen LogP contribution in [0.2, 0.25) is 0 Å². The molecule has 4 rings (SSSR count). The van der Waals surface area contributed by atoms with E-state index in [2.05, 4.69) is 38.3 Å². The third-order valence-electron chi connectivity index (χ3n) is 5.51. The van der Waals surface area contributed by atoms with E-state index in [9.17, 15) is 4.79 Å². The third kappa shape index (κ3) is 2.96. The third-order valence-corrected chi connectivity index (χ3v) is 5.51. The molecule has 0 N–H and O–H groups in total. The van der Waals surface area contributed by atoms with Gasteiger partial charge >= 0.3 is 0 Å². The molecule has 2 aromatic rings. The van der Waals surface area contributed by atoms with Gasteiger partial charge in [-0.2, -0.15) is 0 Å². The van der Waals surface area contributed by atoms with Crippen molar-refractivity contribution in [3.05, 3.63) is 12.7 Å². The topological polar surface area (TPSA) is 67.2 Å². The molecule has 134 valence electrons. The summed E-state index contributed by atoms with van der Waals surface area (Å²) in [6.07, 6.45) is 7.79. The summed E-state index contributed by atoms with van der Waals surface area (Å²) in [4.78, 5) is 30.3. The fourth-order valence-corrected chi connectivity index (χ4v) is 3.73. The van der Waals surface area contributed by atoms with Crippen LogP contribution in [0.25, 0.3) is 11.2 Å². The normalized spacial score (nSPS) is 18.4. The molecule has 3 heterocycles. The van der Waals surface area contributed by atoms with Gasteiger partial charge in [0.25, 0.3) is 0 Å². The molecule has 0 aromatic carbocycles. The summed E-state index contributed by atoms with van der Waals surface area (Å²) in [5.41, 5.74) is 1.82. The van der Waals surface area contributed by atoms with Crippen LogP contribution < -0.4 is 4.90 Å². The number of nitrogens with zero attached hydrogens (tertiary/aromatic N) is 6. The lowest BCUT2D eigenvalue weighted by Crippen LogP contribution is -2.50.